The molecular formula is C10H11N3. The lowest BCUT2D eigenvalue weighted by Gasteiger charge is -1.94. The van der Waals surface area contributed by atoms with E-state index in [1.165, 1.54) is 11.1 Å². The first-order valence-corrected chi connectivity index (χ1v) is 4.54. The Bertz CT molecular complexity index is 446. The number of nitrogens with two attached hydrogens (primary N) is 1. The fourth-order valence-electron chi connectivity index (χ4n) is 1.81. The van der Waals surface area contributed by atoms with Crippen LogP contribution >= 0.6 is 0 Å². The minimum Gasteiger partial charge on any atom is -0.327 e. The zero-order chi connectivity index (χ0) is 8.84. The zero-order valence-corrected chi connectivity index (χ0v) is 7.22. The second-order valence-electron chi connectivity index (χ2n) is 3.64. The first-order valence-electron chi connectivity index (χ1n) is 4.54. The first-order chi connectivity index (χ1) is 6.36. The van der Waals surface area contributed by atoms with Gasteiger partial charge in [0.15, 0.2) is 0 Å². The number of fused-ring (bicyclic) bond motifs is 1. The van der Waals surface area contributed by atoms with Gasteiger partial charge in [0.25, 0.3) is 0 Å². The van der Waals surface area contributed by atoms with Crippen molar-refractivity contribution in [3.05, 3.63) is 36.2 Å². The summed E-state index contributed by atoms with van der Waals surface area (Å²) < 4.78 is 1.90. The van der Waals surface area contributed by atoms with Gasteiger partial charge in [0.05, 0.1) is 11.7 Å². The molecular weight excluding hydrogens is 162 g/mol. The van der Waals surface area contributed by atoms with Crippen LogP contribution in [0.4, 0.5) is 0 Å². The Labute approximate surface area is 76.2 Å². The summed E-state index contributed by atoms with van der Waals surface area (Å²) in [6.45, 7) is 0. The minimum atomic E-state index is 0.355. The van der Waals surface area contributed by atoms with E-state index in [4.69, 9.17) is 5.73 Å². The van der Waals surface area contributed by atoms with Crippen molar-refractivity contribution in [2.45, 2.75) is 18.4 Å². The van der Waals surface area contributed by atoms with Crippen molar-refractivity contribution in [2.24, 2.45) is 5.73 Å². The maximum atomic E-state index is 5.81. The van der Waals surface area contributed by atoms with Crippen LogP contribution in [0.5, 0.6) is 0 Å². The molecule has 0 spiro atoms. The average Bonchev–Trinajstić information content (AvgIpc) is 2.74. The van der Waals surface area contributed by atoms with E-state index >= 15 is 0 Å². The molecule has 0 aromatic carbocycles. The molecule has 2 N–H and O–H groups in total. The van der Waals surface area contributed by atoms with Gasteiger partial charge in [-0.2, -0.15) is 5.10 Å². The summed E-state index contributed by atoms with van der Waals surface area (Å²) in [7, 11) is 0. The smallest absolute Gasteiger partial charge is 0.0696 e. The van der Waals surface area contributed by atoms with E-state index in [1.807, 2.05) is 29.0 Å². The zero-order valence-electron chi connectivity index (χ0n) is 7.22. The third-order valence-corrected chi connectivity index (χ3v) is 2.70. The van der Waals surface area contributed by atoms with Gasteiger partial charge in [-0.1, -0.05) is 6.07 Å². The first kappa shape index (κ1) is 7.09. The van der Waals surface area contributed by atoms with Gasteiger partial charge >= 0.3 is 0 Å². The van der Waals surface area contributed by atoms with Gasteiger partial charge < -0.3 is 5.73 Å². The van der Waals surface area contributed by atoms with Crippen LogP contribution in [0.1, 0.15) is 17.9 Å². The summed E-state index contributed by atoms with van der Waals surface area (Å²) in [5.74, 6) is 0.542. The van der Waals surface area contributed by atoms with Crippen molar-refractivity contribution >= 4 is 5.52 Å². The molecule has 2 aromatic rings. The standard InChI is InChI=1S/C10H11N3/c11-9-5-7(9)8-6-12-13-4-2-1-3-10(8)13/h1-4,6-7,9H,5,11H2. The maximum Gasteiger partial charge on any atom is 0.0696 e. The van der Waals surface area contributed by atoms with Crippen molar-refractivity contribution < 1.29 is 0 Å². The van der Waals surface area contributed by atoms with Crippen LogP contribution in [0.2, 0.25) is 0 Å². The Morgan fingerprint density at radius 1 is 1.46 bits per heavy atom. The molecule has 2 heterocycles. The molecule has 0 saturated heterocycles. The molecule has 13 heavy (non-hydrogen) atoms. The van der Waals surface area contributed by atoms with Gasteiger partial charge in [-0.3, -0.25) is 0 Å². The topological polar surface area (TPSA) is 43.3 Å². The molecule has 1 aliphatic carbocycles. The van der Waals surface area contributed by atoms with Gasteiger partial charge in [0.1, 0.15) is 0 Å². The highest BCUT2D eigenvalue weighted by atomic mass is 15.2. The molecule has 66 valence electrons. The quantitative estimate of drug-likeness (QED) is 0.703. The largest absolute Gasteiger partial charge is 0.327 e. The maximum absolute atomic E-state index is 5.81. The van der Waals surface area contributed by atoms with E-state index in [2.05, 4.69) is 11.2 Å². The molecule has 3 rings (SSSR count). The predicted molar refractivity (Wildman–Crippen MR) is 50.5 cm³/mol. The third kappa shape index (κ3) is 0.971. The number of nitrogens with zero attached hydrogens (tertiary/aromatic N) is 2. The van der Waals surface area contributed by atoms with Crippen molar-refractivity contribution in [1.29, 1.82) is 0 Å². The van der Waals surface area contributed by atoms with Crippen LogP contribution in [-0.2, 0) is 0 Å². The summed E-state index contributed by atoms with van der Waals surface area (Å²) in [5.41, 5.74) is 8.31. The van der Waals surface area contributed by atoms with Crippen molar-refractivity contribution in [1.82, 2.24) is 9.61 Å². The SMILES string of the molecule is NC1CC1c1cnn2ccccc12. The van der Waals surface area contributed by atoms with Crippen LogP contribution in [0.25, 0.3) is 5.52 Å². The molecule has 0 aliphatic heterocycles. The summed E-state index contributed by atoms with van der Waals surface area (Å²) in [4.78, 5) is 0. The number of hydrogen-bond acceptors (Lipinski definition) is 2. The highest BCUT2D eigenvalue weighted by molar-refractivity contribution is 5.57. The molecule has 0 radical (unpaired) electrons. The average molecular weight is 173 g/mol. The lowest BCUT2D eigenvalue weighted by atomic mass is 10.2. The Hall–Kier alpha value is -1.35. The lowest BCUT2D eigenvalue weighted by Crippen LogP contribution is -2.00. The second-order valence-corrected chi connectivity index (χ2v) is 3.64. The fraction of sp³-hybridized carbons (Fsp3) is 0.300. The van der Waals surface area contributed by atoms with Crippen LogP contribution in [0, 0.1) is 0 Å². The normalized spacial score (nSPS) is 26.5. The molecule has 3 heteroatoms. The van der Waals surface area contributed by atoms with E-state index in [-0.39, 0.29) is 0 Å². The summed E-state index contributed by atoms with van der Waals surface area (Å²) in [6.07, 6.45) is 5.01. The predicted octanol–water partition coefficient (Wildman–Crippen LogP) is 1.15. The van der Waals surface area contributed by atoms with Crippen LogP contribution in [0.3, 0.4) is 0 Å². The second kappa shape index (κ2) is 2.33. The number of rotatable bonds is 1. The van der Waals surface area contributed by atoms with Crippen LogP contribution in [0.15, 0.2) is 30.6 Å². The van der Waals surface area contributed by atoms with E-state index in [0.717, 1.165) is 6.42 Å². The van der Waals surface area contributed by atoms with Crippen molar-refractivity contribution in [3.63, 3.8) is 0 Å². The molecule has 0 bridgehead atoms. The van der Waals surface area contributed by atoms with Gasteiger partial charge in [0.2, 0.25) is 0 Å². The van der Waals surface area contributed by atoms with Gasteiger partial charge in [-0.05, 0) is 18.6 Å². The molecule has 1 aliphatic rings. The molecule has 2 unspecified atom stereocenters. The molecule has 3 nitrogen and oxygen atoms in total. The van der Waals surface area contributed by atoms with Crippen molar-refractivity contribution in [3.8, 4) is 0 Å². The highest BCUT2D eigenvalue weighted by Gasteiger charge is 2.36. The summed E-state index contributed by atoms with van der Waals surface area (Å²) >= 11 is 0. The molecule has 2 atom stereocenters. The van der Waals surface area contributed by atoms with Gasteiger partial charge in [-0.15, -0.1) is 0 Å². The fourth-order valence-corrected chi connectivity index (χ4v) is 1.81. The van der Waals surface area contributed by atoms with E-state index < -0.39 is 0 Å². The van der Waals surface area contributed by atoms with Crippen LogP contribution < -0.4 is 5.73 Å². The minimum absolute atomic E-state index is 0.355. The monoisotopic (exact) mass is 173 g/mol. The Morgan fingerprint density at radius 3 is 3.08 bits per heavy atom. The molecule has 1 saturated carbocycles. The molecule has 1 fully saturated rings. The Morgan fingerprint density at radius 2 is 2.31 bits per heavy atom. The molecule has 2 aromatic heterocycles. The third-order valence-electron chi connectivity index (χ3n) is 2.70. The van der Waals surface area contributed by atoms with Crippen molar-refractivity contribution in [2.75, 3.05) is 0 Å². The molecule has 0 amide bonds. The highest BCUT2D eigenvalue weighted by Crippen LogP contribution is 2.40. The Kier molecular flexibility index (Phi) is 1.27. The Balaban J connectivity index is 2.19. The van der Waals surface area contributed by atoms with Gasteiger partial charge in [0, 0.05) is 23.7 Å². The van der Waals surface area contributed by atoms with Gasteiger partial charge in [-0.25, -0.2) is 4.52 Å². The number of hydrogen-bond donors (Lipinski definition) is 1. The lowest BCUT2D eigenvalue weighted by molar-refractivity contribution is 0.961. The number of pyridine rings is 1. The number of aromatic nitrogens is 2. The van der Waals surface area contributed by atoms with E-state index in [1.54, 1.807) is 0 Å². The van der Waals surface area contributed by atoms with E-state index in [9.17, 15) is 0 Å². The summed E-state index contributed by atoms with van der Waals surface area (Å²) in [5, 5.41) is 4.28. The van der Waals surface area contributed by atoms with E-state index in [0.29, 0.717) is 12.0 Å². The van der Waals surface area contributed by atoms with Crippen LogP contribution in [-0.4, -0.2) is 15.7 Å². The summed E-state index contributed by atoms with van der Waals surface area (Å²) in [6, 6.07) is 6.46.